The molecule has 1 unspecified atom stereocenters. The molecule has 4 heteroatoms. The van der Waals surface area contributed by atoms with E-state index in [-0.39, 0.29) is 0 Å². The maximum absolute atomic E-state index is 11.4. The Morgan fingerprint density at radius 1 is 1.22 bits per heavy atom. The average Bonchev–Trinajstić information content (AvgIpc) is 2.38. The molecule has 1 N–H and O–H groups in total. The van der Waals surface area contributed by atoms with Crippen molar-refractivity contribution in [3.8, 4) is 0 Å². The zero-order valence-electron chi connectivity index (χ0n) is 9.58. The van der Waals surface area contributed by atoms with Crippen molar-refractivity contribution >= 4 is 21.9 Å². The monoisotopic (exact) mass is 305 g/mol. The number of aromatic nitrogens is 1. The minimum Gasteiger partial charge on any atom is -0.481 e. The zero-order chi connectivity index (χ0) is 13.0. The molecule has 0 fully saturated rings. The molecule has 0 aliphatic rings. The second-order valence-electron chi connectivity index (χ2n) is 3.97. The minimum atomic E-state index is -0.821. The van der Waals surface area contributed by atoms with Gasteiger partial charge in [0.05, 0.1) is 5.92 Å². The largest absolute Gasteiger partial charge is 0.481 e. The predicted octanol–water partition coefficient (Wildman–Crippen LogP) is 3.26. The Bertz CT molecular complexity index is 543. The van der Waals surface area contributed by atoms with Crippen LogP contribution in [0.3, 0.4) is 0 Å². The van der Waals surface area contributed by atoms with Crippen molar-refractivity contribution < 1.29 is 9.90 Å². The predicted molar refractivity (Wildman–Crippen MR) is 72.5 cm³/mol. The van der Waals surface area contributed by atoms with Crippen LogP contribution in [0.2, 0.25) is 0 Å². The van der Waals surface area contributed by atoms with Crippen molar-refractivity contribution in [2.75, 3.05) is 0 Å². The van der Waals surface area contributed by atoms with Gasteiger partial charge >= 0.3 is 5.97 Å². The number of pyridine rings is 1. The number of nitrogens with zero attached hydrogens (tertiary/aromatic N) is 1. The van der Waals surface area contributed by atoms with Crippen molar-refractivity contribution in [2.24, 2.45) is 0 Å². The summed E-state index contributed by atoms with van der Waals surface area (Å²) in [6, 6.07) is 11.1. The average molecular weight is 306 g/mol. The first-order chi connectivity index (χ1) is 8.68. The third-order valence-corrected chi connectivity index (χ3v) is 3.49. The highest BCUT2D eigenvalue weighted by Gasteiger charge is 2.22. The van der Waals surface area contributed by atoms with Gasteiger partial charge in [-0.3, -0.25) is 9.78 Å². The van der Waals surface area contributed by atoms with Gasteiger partial charge in [0.15, 0.2) is 0 Å². The van der Waals surface area contributed by atoms with E-state index >= 15 is 0 Å². The molecular weight excluding hydrogens is 294 g/mol. The van der Waals surface area contributed by atoms with Gasteiger partial charge < -0.3 is 5.11 Å². The highest BCUT2D eigenvalue weighted by molar-refractivity contribution is 9.10. The standard InChI is InChI=1S/C14H12BrNO2/c15-13-4-2-1-3-11(13)12(14(17)18)9-10-5-7-16-8-6-10/h1-8,12H,9H2,(H,17,18). The summed E-state index contributed by atoms with van der Waals surface area (Å²) in [5.41, 5.74) is 1.76. The first-order valence-electron chi connectivity index (χ1n) is 5.54. The molecule has 0 radical (unpaired) electrons. The molecule has 2 aromatic rings. The third kappa shape index (κ3) is 2.96. The molecule has 0 bridgehead atoms. The molecule has 3 nitrogen and oxygen atoms in total. The first kappa shape index (κ1) is 12.8. The Balaban J connectivity index is 2.30. The first-order valence-corrected chi connectivity index (χ1v) is 6.34. The molecule has 1 aromatic heterocycles. The van der Waals surface area contributed by atoms with E-state index in [0.717, 1.165) is 15.6 Å². The molecule has 0 aliphatic heterocycles. The highest BCUT2D eigenvalue weighted by Crippen LogP contribution is 2.27. The van der Waals surface area contributed by atoms with Crippen molar-refractivity contribution in [3.63, 3.8) is 0 Å². The maximum Gasteiger partial charge on any atom is 0.311 e. The van der Waals surface area contributed by atoms with Crippen LogP contribution in [0.4, 0.5) is 0 Å². The fraction of sp³-hybridized carbons (Fsp3) is 0.143. The van der Waals surface area contributed by atoms with Crippen molar-refractivity contribution in [1.29, 1.82) is 0 Å². The van der Waals surface area contributed by atoms with E-state index in [4.69, 9.17) is 0 Å². The number of hydrogen-bond donors (Lipinski definition) is 1. The van der Waals surface area contributed by atoms with Crippen LogP contribution in [-0.2, 0) is 11.2 Å². The zero-order valence-corrected chi connectivity index (χ0v) is 11.2. The number of hydrogen-bond acceptors (Lipinski definition) is 2. The summed E-state index contributed by atoms with van der Waals surface area (Å²) in [5.74, 6) is -1.37. The van der Waals surface area contributed by atoms with Crippen LogP contribution in [0.1, 0.15) is 17.0 Å². The van der Waals surface area contributed by atoms with E-state index < -0.39 is 11.9 Å². The summed E-state index contributed by atoms with van der Waals surface area (Å²) in [7, 11) is 0. The van der Waals surface area contributed by atoms with E-state index in [1.165, 1.54) is 0 Å². The highest BCUT2D eigenvalue weighted by atomic mass is 79.9. The maximum atomic E-state index is 11.4. The summed E-state index contributed by atoms with van der Waals surface area (Å²) in [4.78, 5) is 15.4. The lowest BCUT2D eigenvalue weighted by molar-refractivity contribution is -0.138. The van der Waals surface area contributed by atoms with Gasteiger partial charge in [-0.15, -0.1) is 0 Å². The summed E-state index contributed by atoms with van der Waals surface area (Å²) in [6.45, 7) is 0. The molecule has 0 saturated heterocycles. The number of carboxylic acids is 1. The normalized spacial score (nSPS) is 12.1. The Labute approximate surface area is 114 Å². The van der Waals surface area contributed by atoms with E-state index in [1.807, 2.05) is 36.4 Å². The van der Waals surface area contributed by atoms with Gasteiger partial charge in [-0.2, -0.15) is 0 Å². The smallest absolute Gasteiger partial charge is 0.311 e. The Kier molecular flexibility index (Phi) is 4.10. The molecule has 1 aromatic carbocycles. The van der Waals surface area contributed by atoms with Crippen LogP contribution in [-0.4, -0.2) is 16.1 Å². The Morgan fingerprint density at radius 2 is 1.89 bits per heavy atom. The lowest BCUT2D eigenvalue weighted by Crippen LogP contribution is -2.15. The third-order valence-electron chi connectivity index (χ3n) is 2.77. The number of benzene rings is 1. The van der Waals surface area contributed by atoms with Gasteiger partial charge in [0.25, 0.3) is 0 Å². The molecular formula is C14H12BrNO2. The molecule has 0 amide bonds. The van der Waals surface area contributed by atoms with Crippen molar-refractivity contribution in [1.82, 2.24) is 4.98 Å². The summed E-state index contributed by atoms with van der Waals surface area (Å²) in [6.07, 6.45) is 3.81. The van der Waals surface area contributed by atoms with Crippen LogP contribution < -0.4 is 0 Å². The van der Waals surface area contributed by atoms with Crippen molar-refractivity contribution in [2.45, 2.75) is 12.3 Å². The fourth-order valence-electron chi connectivity index (χ4n) is 1.84. The van der Waals surface area contributed by atoms with E-state index in [9.17, 15) is 9.90 Å². The second kappa shape index (κ2) is 5.78. The van der Waals surface area contributed by atoms with E-state index in [0.29, 0.717) is 6.42 Å². The van der Waals surface area contributed by atoms with Crippen LogP contribution >= 0.6 is 15.9 Å². The van der Waals surface area contributed by atoms with E-state index in [2.05, 4.69) is 20.9 Å². The molecule has 0 aliphatic carbocycles. The number of aliphatic carboxylic acids is 1. The number of halogens is 1. The van der Waals surface area contributed by atoms with Crippen LogP contribution in [0.15, 0.2) is 53.3 Å². The molecule has 2 rings (SSSR count). The van der Waals surface area contributed by atoms with E-state index in [1.54, 1.807) is 12.4 Å². The van der Waals surface area contributed by atoms with Gasteiger partial charge in [0.1, 0.15) is 0 Å². The summed E-state index contributed by atoms with van der Waals surface area (Å²) < 4.78 is 0.825. The molecule has 92 valence electrons. The van der Waals surface area contributed by atoms with Crippen molar-refractivity contribution in [3.05, 3.63) is 64.4 Å². The fourth-order valence-corrected chi connectivity index (χ4v) is 2.40. The number of carboxylic acid groups (broad SMARTS) is 1. The Morgan fingerprint density at radius 3 is 2.50 bits per heavy atom. The van der Waals surface area contributed by atoms with Crippen LogP contribution in [0.5, 0.6) is 0 Å². The topological polar surface area (TPSA) is 50.2 Å². The minimum absolute atomic E-state index is 0.459. The number of carbonyl (C=O) groups is 1. The molecule has 1 heterocycles. The molecule has 1 atom stereocenters. The SMILES string of the molecule is O=C(O)C(Cc1ccncc1)c1ccccc1Br. The van der Waals surface area contributed by atoms with Gasteiger partial charge in [-0.05, 0) is 35.7 Å². The Hall–Kier alpha value is -1.68. The van der Waals surface area contributed by atoms with Crippen LogP contribution in [0, 0.1) is 0 Å². The second-order valence-corrected chi connectivity index (χ2v) is 4.83. The molecule has 0 saturated carbocycles. The summed E-state index contributed by atoms with van der Waals surface area (Å²) in [5, 5.41) is 9.38. The molecule has 0 spiro atoms. The van der Waals surface area contributed by atoms with Gasteiger partial charge in [0.2, 0.25) is 0 Å². The van der Waals surface area contributed by atoms with Crippen LogP contribution in [0.25, 0.3) is 0 Å². The lowest BCUT2D eigenvalue weighted by atomic mass is 9.92. The lowest BCUT2D eigenvalue weighted by Gasteiger charge is -2.14. The van der Waals surface area contributed by atoms with Gasteiger partial charge in [0, 0.05) is 16.9 Å². The van der Waals surface area contributed by atoms with Gasteiger partial charge in [-0.1, -0.05) is 34.1 Å². The van der Waals surface area contributed by atoms with Gasteiger partial charge in [-0.25, -0.2) is 0 Å². The number of rotatable bonds is 4. The summed E-state index contributed by atoms with van der Waals surface area (Å²) >= 11 is 3.40. The quantitative estimate of drug-likeness (QED) is 0.943. The molecule has 18 heavy (non-hydrogen) atoms.